The van der Waals surface area contributed by atoms with Crippen LogP contribution in [0.3, 0.4) is 0 Å². The molecule has 2 aromatic heterocycles. The van der Waals surface area contributed by atoms with E-state index in [0.29, 0.717) is 19.7 Å². The average molecular weight is 366 g/mol. The maximum atomic E-state index is 13.2. The Morgan fingerprint density at radius 3 is 2.54 bits per heavy atom. The molecule has 0 N–H and O–H groups in total. The van der Waals surface area contributed by atoms with E-state index in [1.807, 2.05) is 34.5 Å². The number of nitrogens with zero attached hydrogens (tertiary/aromatic N) is 2. The Morgan fingerprint density at radius 2 is 1.81 bits per heavy atom. The van der Waals surface area contributed by atoms with Crippen LogP contribution in [0.1, 0.15) is 32.7 Å². The van der Waals surface area contributed by atoms with E-state index in [9.17, 15) is 4.79 Å². The smallest absolute Gasteiger partial charge is 0.266 e. The fourth-order valence-electron chi connectivity index (χ4n) is 3.53. The lowest BCUT2D eigenvalue weighted by molar-refractivity contribution is -0.0226. The molecular formula is C21H22N2O2S. The molecule has 0 spiro atoms. The molecule has 1 unspecified atom stereocenters. The molecule has 1 aliphatic rings. The molecule has 1 aromatic carbocycles. The molecule has 3 heterocycles. The minimum absolute atomic E-state index is 0.0626. The molecule has 0 radical (unpaired) electrons. The van der Waals surface area contributed by atoms with E-state index < -0.39 is 0 Å². The number of carbonyl (C=O) groups excluding carboxylic acids is 1. The maximum Gasteiger partial charge on any atom is 0.266 e. The molecule has 5 heteroatoms. The van der Waals surface area contributed by atoms with Crippen molar-refractivity contribution in [3.05, 3.63) is 75.7 Å². The molecule has 1 fully saturated rings. The zero-order valence-corrected chi connectivity index (χ0v) is 15.8. The molecule has 4 nitrogen and oxygen atoms in total. The van der Waals surface area contributed by atoms with E-state index in [-0.39, 0.29) is 12.0 Å². The summed E-state index contributed by atoms with van der Waals surface area (Å²) in [4.78, 5) is 16.0. The quantitative estimate of drug-likeness (QED) is 0.690. The molecule has 1 amide bonds. The maximum absolute atomic E-state index is 13.2. The first-order valence-electron chi connectivity index (χ1n) is 8.84. The molecule has 26 heavy (non-hydrogen) atoms. The number of amides is 1. The Labute approximate surface area is 157 Å². The van der Waals surface area contributed by atoms with Gasteiger partial charge in [0.15, 0.2) is 0 Å². The van der Waals surface area contributed by atoms with Gasteiger partial charge in [-0.2, -0.15) is 0 Å². The number of hydrogen-bond acceptors (Lipinski definition) is 3. The number of carbonyl (C=O) groups is 1. The largest absolute Gasteiger partial charge is 0.370 e. The first-order valence-corrected chi connectivity index (χ1v) is 9.72. The van der Waals surface area contributed by atoms with Gasteiger partial charge in [-0.25, -0.2) is 0 Å². The third-order valence-electron chi connectivity index (χ3n) is 4.88. The van der Waals surface area contributed by atoms with Gasteiger partial charge in [0, 0.05) is 17.9 Å². The third-order valence-corrected chi connectivity index (χ3v) is 5.77. The van der Waals surface area contributed by atoms with Crippen molar-refractivity contribution in [3.63, 3.8) is 0 Å². The second-order valence-corrected chi connectivity index (χ2v) is 7.52. The Bertz CT molecular complexity index is 894. The van der Waals surface area contributed by atoms with Crippen LogP contribution in [-0.2, 0) is 4.74 Å². The van der Waals surface area contributed by atoms with E-state index in [2.05, 4.69) is 42.7 Å². The second kappa shape index (κ2) is 7.09. The minimum atomic E-state index is -0.0626. The number of benzene rings is 1. The number of ether oxygens (including phenoxy) is 1. The number of thiophene rings is 1. The normalized spacial score (nSPS) is 17.5. The van der Waals surface area contributed by atoms with Crippen molar-refractivity contribution >= 4 is 17.2 Å². The lowest BCUT2D eigenvalue weighted by Crippen LogP contribution is -2.42. The third kappa shape index (κ3) is 3.08. The molecule has 3 aromatic rings. The highest BCUT2D eigenvalue weighted by molar-refractivity contribution is 7.12. The van der Waals surface area contributed by atoms with Crippen LogP contribution in [0.2, 0.25) is 0 Å². The van der Waals surface area contributed by atoms with E-state index in [1.54, 1.807) is 0 Å². The summed E-state index contributed by atoms with van der Waals surface area (Å²) in [5.41, 5.74) is 4.37. The van der Waals surface area contributed by atoms with Crippen LogP contribution in [-0.4, -0.2) is 35.1 Å². The van der Waals surface area contributed by atoms with Gasteiger partial charge in [0.05, 0.1) is 18.8 Å². The van der Waals surface area contributed by atoms with Crippen molar-refractivity contribution in [1.29, 1.82) is 0 Å². The van der Waals surface area contributed by atoms with Crippen molar-refractivity contribution in [2.24, 2.45) is 0 Å². The van der Waals surface area contributed by atoms with Crippen LogP contribution >= 0.6 is 11.3 Å². The summed E-state index contributed by atoms with van der Waals surface area (Å²) < 4.78 is 8.06. The first-order chi connectivity index (χ1) is 12.6. The Hall–Kier alpha value is -2.37. The molecule has 0 aliphatic carbocycles. The molecule has 4 rings (SSSR count). The minimum Gasteiger partial charge on any atom is -0.370 e. The van der Waals surface area contributed by atoms with Crippen LogP contribution in [0.25, 0.3) is 5.69 Å². The number of morpholine rings is 1. The number of aromatic nitrogens is 1. The molecular weight excluding hydrogens is 344 g/mol. The summed E-state index contributed by atoms with van der Waals surface area (Å²) in [6.07, 6.45) is -0.0626. The predicted octanol–water partition coefficient (Wildman–Crippen LogP) is 4.37. The van der Waals surface area contributed by atoms with Gasteiger partial charge in [-0.3, -0.25) is 4.79 Å². The van der Waals surface area contributed by atoms with E-state index in [0.717, 1.165) is 27.5 Å². The topological polar surface area (TPSA) is 34.5 Å². The van der Waals surface area contributed by atoms with Crippen LogP contribution in [0, 0.1) is 13.8 Å². The fraction of sp³-hybridized carbons (Fsp3) is 0.286. The van der Waals surface area contributed by atoms with Crippen molar-refractivity contribution in [1.82, 2.24) is 9.47 Å². The summed E-state index contributed by atoms with van der Waals surface area (Å²) in [7, 11) is 0. The zero-order valence-electron chi connectivity index (χ0n) is 15.0. The Kier molecular flexibility index (Phi) is 4.66. The molecule has 0 saturated carbocycles. The molecule has 1 atom stereocenters. The van der Waals surface area contributed by atoms with E-state index in [1.165, 1.54) is 11.3 Å². The van der Waals surface area contributed by atoms with Crippen LogP contribution in [0.5, 0.6) is 0 Å². The first kappa shape index (κ1) is 17.1. The highest BCUT2D eigenvalue weighted by Gasteiger charge is 2.28. The van der Waals surface area contributed by atoms with Crippen LogP contribution < -0.4 is 0 Å². The van der Waals surface area contributed by atoms with Gasteiger partial charge in [-0.05, 0) is 43.0 Å². The van der Waals surface area contributed by atoms with Gasteiger partial charge in [-0.15, -0.1) is 11.3 Å². The van der Waals surface area contributed by atoms with Gasteiger partial charge < -0.3 is 14.2 Å². The van der Waals surface area contributed by atoms with Gasteiger partial charge in [0.25, 0.3) is 5.91 Å². The number of rotatable bonds is 3. The Balaban J connectivity index is 1.60. The fourth-order valence-corrected chi connectivity index (χ4v) is 4.38. The van der Waals surface area contributed by atoms with E-state index >= 15 is 0 Å². The van der Waals surface area contributed by atoms with Crippen molar-refractivity contribution < 1.29 is 9.53 Å². The Morgan fingerprint density at radius 1 is 1.08 bits per heavy atom. The lowest BCUT2D eigenvalue weighted by atomic mass is 10.1. The van der Waals surface area contributed by atoms with Crippen LogP contribution in [0.4, 0.5) is 0 Å². The van der Waals surface area contributed by atoms with Crippen molar-refractivity contribution in [3.8, 4) is 5.69 Å². The highest BCUT2D eigenvalue weighted by atomic mass is 32.1. The highest BCUT2D eigenvalue weighted by Crippen LogP contribution is 2.29. The van der Waals surface area contributed by atoms with Crippen LogP contribution in [0.15, 0.2) is 53.9 Å². The molecule has 1 saturated heterocycles. The summed E-state index contributed by atoms with van der Waals surface area (Å²) in [5.74, 6) is 0.0896. The van der Waals surface area contributed by atoms with Crippen molar-refractivity contribution in [2.45, 2.75) is 20.0 Å². The molecule has 1 aliphatic heterocycles. The molecule has 134 valence electrons. The van der Waals surface area contributed by atoms with Gasteiger partial charge >= 0.3 is 0 Å². The lowest BCUT2D eigenvalue weighted by Gasteiger charge is -2.33. The predicted molar refractivity (Wildman–Crippen MR) is 104 cm³/mol. The number of hydrogen-bond donors (Lipinski definition) is 0. The zero-order chi connectivity index (χ0) is 18.1. The average Bonchev–Trinajstić information content (AvgIpc) is 3.28. The summed E-state index contributed by atoms with van der Waals surface area (Å²) in [5, 5.41) is 2.00. The van der Waals surface area contributed by atoms with E-state index in [4.69, 9.17) is 4.74 Å². The summed E-state index contributed by atoms with van der Waals surface area (Å²) in [6, 6.07) is 16.3. The summed E-state index contributed by atoms with van der Waals surface area (Å²) in [6.45, 7) is 5.92. The number of aryl methyl sites for hydroxylation is 2. The monoisotopic (exact) mass is 366 g/mol. The van der Waals surface area contributed by atoms with Gasteiger partial charge in [0.2, 0.25) is 0 Å². The summed E-state index contributed by atoms with van der Waals surface area (Å²) >= 11 is 1.51. The van der Waals surface area contributed by atoms with Gasteiger partial charge in [-0.1, -0.05) is 30.3 Å². The second-order valence-electron chi connectivity index (χ2n) is 6.61. The van der Waals surface area contributed by atoms with Crippen molar-refractivity contribution in [2.75, 3.05) is 19.7 Å². The molecule has 0 bridgehead atoms. The SMILES string of the molecule is Cc1ccc(C)n1-c1ccsc1C(=O)N1CCOC(c2ccccc2)C1. The standard InChI is InChI=1S/C21H22N2O2S/c1-15-8-9-16(2)23(15)18-10-13-26-20(18)21(24)22-11-12-25-19(14-22)17-6-4-3-5-7-17/h3-10,13,19H,11-12,14H2,1-2H3. The van der Waals surface area contributed by atoms with Gasteiger partial charge in [0.1, 0.15) is 11.0 Å².